The number of hydrogen-bond donors (Lipinski definition) is 2. The standard InChI is InChI=1S/C28H37F3N4O4/c1-18(23(36)26-35-20-7-3-4-8-22(20)39-26)33-25(37)21(9-14-27(2)12-5-6-13-27)34-24(32-17-28(29,30)31)19-10-15-38-16-11-19/h3-4,7-8,18-19,21H,5-6,9-17H2,1-2H3,(H,32,34)(H,33,37)/t18-,21-/m0/s1. The molecule has 2 N–H and O–H groups in total. The number of nitrogens with zero attached hydrogens (tertiary/aromatic N) is 2. The first-order valence-electron chi connectivity index (χ1n) is 13.7. The number of aromatic nitrogens is 1. The van der Waals surface area contributed by atoms with Gasteiger partial charge in [-0.25, -0.2) is 4.98 Å². The Labute approximate surface area is 226 Å². The molecule has 0 spiro atoms. The number of amidine groups is 1. The topological polar surface area (TPSA) is 106 Å². The number of nitrogens with one attached hydrogen (secondary N) is 2. The molecule has 214 valence electrons. The van der Waals surface area contributed by atoms with Gasteiger partial charge in [0.2, 0.25) is 11.7 Å². The summed E-state index contributed by atoms with van der Waals surface area (Å²) in [6.07, 6.45) is 2.03. The van der Waals surface area contributed by atoms with Gasteiger partial charge in [0.15, 0.2) is 5.58 Å². The smallest absolute Gasteiger partial charge is 0.408 e. The number of para-hydroxylation sites is 2. The molecule has 0 bridgehead atoms. The lowest BCUT2D eigenvalue weighted by molar-refractivity contribution is -0.123. The summed E-state index contributed by atoms with van der Waals surface area (Å²) >= 11 is 0. The summed E-state index contributed by atoms with van der Waals surface area (Å²) in [6, 6.07) is 5.17. The van der Waals surface area contributed by atoms with Gasteiger partial charge >= 0.3 is 6.18 Å². The van der Waals surface area contributed by atoms with Crippen LogP contribution in [-0.4, -0.2) is 60.5 Å². The highest BCUT2D eigenvalue weighted by Crippen LogP contribution is 2.41. The van der Waals surface area contributed by atoms with E-state index in [2.05, 4.69) is 27.5 Å². The molecule has 1 saturated heterocycles. The van der Waals surface area contributed by atoms with Gasteiger partial charge in [0.25, 0.3) is 5.89 Å². The van der Waals surface area contributed by atoms with Gasteiger partial charge in [0.05, 0.1) is 6.04 Å². The van der Waals surface area contributed by atoms with Gasteiger partial charge in [0, 0.05) is 19.1 Å². The molecule has 2 fully saturated rings. The summed E-state index contributed by atoms with van der Waals surface area (Å²) in [6.45, 7) is 3.24. The Morgan fingerprint density at radius 1 is 1.15 bits per heavy atom. The van der Waals surface area contributed by atoms with Crippen LogP contribution >= 0.6 is 0 Å². The van der Waals surface area contributed by atoms with Gasteiger partial charge in [-0.05, 0) is 63.0 Å². The fourth-order valence-corrected chi connectivity index (χ4v) is 5.40. The van der Waals surface area contributed by atoms with Gasteiger partial charge in [-0.2, -0.15) is 13.2 Å². The second-order valence-electron chi connectivity index (χ2n) is 11.0. The van der Waals surface area contributed by atoms with E-state index in [0.717, 1.165) is 32.1 Å². The molecule has 2 atom stereocenters. The number of fused-ring (bicyclic) bond motifs is 1. The number of hydrogen-bond acceptors (Lipinski definition) is 6. The summed E-state index contributed by atoms with van der Waals surface area (Å²) in [5, 5.41) is 5.81. The summed E-state index contributed by atoms with van der Waals surface area (Å²) in [7, 11) is 0. The predicted molar refractivity (Wildman–Crippen MR) is 141 cm³/mol. The van der Waals surface area contributed by atoms with Gasteiger partial charge < -0.3 is 19.8 Å². The lowest BCUT2D eigenvalue weighted by Crippen LogP contribution is -2.52. The zero-order chi connectivity index (χ0) is 28.0. The number of alkyl halides is 3. The van der Waals surface area contributed by atoms with E-state index in [1.807, 2.05) is 0 Å². The van der Waals surface area contributed by atoms with Gasteiger partial charge in [-0.1, -0.05) is 31.9 Å². The molecule has 2 aliphatic rings. The fourth-order valence-electron chi connectivity index (χ4n) is 5.40. The Hall–Kier alpha value is -2.95. The number of amides is 1. The number of carbonyl (C=O) groups is 2. The van der Waals surface area contributed by atoms with Crippen molar-refractivity contribution in [2.75, 3.05) is 19.8 Å². The Morgan fingerprint density at radius 3 is 2.51 bits per heavy atom. The number of oxazole rings is 1. The largest absolute Gasteiger partial charge is 0.434 e. The predicted octanol–water partition coefficient (Wildman–Crippen LogP) is 5.22. The van der Waals surface area contributed by atoms with Crippen molar-refractivity contribution in [2.24, 2.45) is 16.3 Å². The number of aliphatic imine (C=N–C) groups is 1. The molecule has 8 nitrogen and oxygen atoms in total. The van der Waals surface area contributed by atoms with Crippen LogP contribution in [0.2, 0.25) is 0 Å². The first kappa shape index (κ1) is 29.0. The number of benzene rings is 1. The van der Waals surface area contributed by atoms with Crippen LogP contribution in [0.25, 0.3) is 11.1 Å². The lowest BCUT2D eigenvalue weighted by Gasteiger charge is -2.31. The van der Waals surface area contributed by atoms with Gasteiger partial charge in [-0.3, -0.25) is 14.6 Å². The second kappa shape index (κ2) is 12.5. The van der Waals surface area contributed by atoms with E-state index in [1.54, 1.807) is 31.2 Å². The third-order valence-electron chi connectivity index (χ3n) is 7.78. The minimum Gasteiger partial charge on any atom is -0.434 e. The maximum absolute atomic E-state index is 13.5. The third-order valence-corrected chi connectivity index (χ3v) is 7.78. The van der Waals surface area contributed by atoms with E-state index in [-0.39, 0.29) is 23.1 Å². The highest BCUT2D eigenvalue weighted by Gasteiger charge is 2.34. The van der Waals surface area contributed by atoms with Crippen molar-refractivity contribution in [2.45, 2.75) is 83.5 Å². The van der Waals surface area contributed by atoms with E-state index < -0.39 is 36.5 Å². The maximum atomic E-state index is 13.5. The first-order chi connectivity index (χ1) is 18.5. The molecule has 4 rings (SSSR count). The number of halogens is 3. The van der Waals surface area contributed by atoms with E-state index >= 15 is 0 Å². The Morgan fingerprint density at radius 2 is 1.85 bits per heavy atom. The molecule has 0 radical (unpaired) electrons. The normalized spacial score (nSPS) is 20.1. The Bertz CT molecular complexity index is 1130. The van der Waals surface area contributed by atoms with Crippen LogP contribution < -0.4 is 10.6 Å². The molecule has 1 saturated carbocycles. The third kappa shape index (κ3) is 8.03. The van der Waals surface area contributed by atoms with Crippen molar-refractivity contribution < 1.29 is 31.9 Å². The van der Waals surface area contributed by atoms with E-state index in [9.17, 15) is 22.8 Å². The summed E-state index contributed by atoms with van der Waals surface area (Å²) in [5.74, 6) is -1.17. The van der Waals surface area contributed by atoms with Crippen LogP contribution in [0.3, 0.4) is 0 Å². The maximum Gasteiger partial charge on any atom is 0.408 e. The minimum absolute atomic E-state index is 0.0712. The zero-order valence-electron chi connectivity index (χ0n) is 22.5. The van der Waals surface area contributed by atoms with E-state index in [4.69, 9.17) is 9.15 Å². The van der Waals surface area contributed by atoms with E-state index in [0.29, 0.717) is 43.6 Å². The number of ketones is 1. The van der Waals surface area contributed by atoms with Crippen LogP contribution in [0.4, 0.5) is 13.2 Å². The molecule has 2 heterocycles. The van der Waals surface area contributed by atoms with Crippen molar-refractivity contribution in [3.8, 4) is 0 Å². The van der Waals surface area contributed by atoms with Gasteiger partial charge in [-0.15, -0.1) is 0 Å². The quantitative estimate of drug-likeness (QED) is 0.239. The van der Waals surface area contributed by atoms with Crippen molar-refractivity contribution in [3.05, 3.63) is 30.2 Å². The number of Topliss-reactive ketones (excluding diaryl/α,β-unsaturated/α-hetero) is 1. The molecule has 1 aliphatic carbocycles. The molecular weight excluding hydrogens is 513 g/mol. The Kier molecular flexibility index (Phi) is 9.30. The molecule has 11 heteroatoms. The SMILES string of the molecule is C[C@H](NC(=O)[C@H](CCC1(C)CCCC1)NC(=NCC(F)(F)F)C1CCOCC1)C(=O)c1nc2ccccc2o1. The van der Waals surface area contributed by atoms with Crippen LogP contribution in [-0.2, 0) is 9.53 Å². The summed E-state index contributed by atoms with van der Waals surface area (Å²) < 4.78 is 50.2. The molecule has 1 aromatic heterocycles. The van der Waals surface area contributed by atoms with Crippen LogP contribution in [0.1, 0.15) is 75.9 Å². The molecule has 1 amide bonds. The van der Waals surface area contributed by atoms with Crippen LogP contribution in [0, 0.1) is 11.3 Å². The first-order valence-corrected chi connectivity index (χ1v) is 13.7. The summed E-state index contributed by atoms with van der Waals surface area (Å²) in [5.41, 5.74) is 1.07. The minimum atomic E-state index is -4.46. The highest BCUT2D eigenvalue weighted by atomic mass is 19.4. The average molecular weight is 551 g/mol. The van der Waals surface area contributed by atoms with Crippen molar-refractivity contribution >= 4 is 28.6 Å². The van der Waals surface area contributed by atoms with E-state index in [1.165, 1.54) is 0 Å². The molecule has 2 aromatic rings. The Balaban J connectivity index is 1.51. The zero-order valence-corrected chi connectivity index (χ0v) is 22.5. The second-order valence-corrected chi connectivity index (χ2v) is 11.0. The fraction of sp³-hybridized carbons (Fsp3) is 0.643. The van der Waals surface area contributed by atoms with Crippen molar-refractivity contribution in [1.82, 2.24) is 15.6 Å². The van der Waals surface area contributed by atoms with Crippen molar-refractivity contribution in [3.63, 3.8) is 0 Å². The number of rotatable bonds is 10. The van der Waals surface area contributed by atoms with Crippen LogP contribution in [0.15, 0.2) is 33.7 Å². The number of ether oxygens (including phenoxy) is 1. The lowest BCUT2D eigenvalue weighted by atomic mass is 9.82. The molecule has 39 heavy (non-hydrogen) atoms. The molecule has 1 aromatic carbocycles. The molecular formula is C28H37F3N4O4. The summed E-state index contributed by atoms with van der Waals surface area (Å²) in [4.78, 5) is 34.6. The van der Waals surface area contributed by atoms with Crippen LogP contribution in [0.5, 0.6) is 0 Å². The van der Waals surface area contributed by atoms with Gasteiger partial charge in [0.1, 0.15) is 23.9 Å². The molecule has 1 aliphatic heterocycles. The molecule has 0 unspecified atom stereocenters. The van der Waals surface area contributed by atoms with Crippen molar-refractivity contribution in [1.29, 1.82) is 0 Å². The average Bonchev–Trinajstić information content (AvgIpc) is 3.54. The number of carbonyl (C=O) groups excluding carboxylic acids is 2. The highest BCUT2D eigenvalue weighted by molar-refractivity contribution is 6.00. The monoisotopic (exact) mass is 550 g/mol.